The highest BCUT2D eigenvalue weighted by Gasteiger charge is 2.11. The lowest BCUT2D eigenvalue weighted by molar-refractivity contribution is 0.558. The normalized spacial score (nSPS) is 12.4. The van der Waals surface area contributed by atoms with Gasteiger partial charge in [-0.25, -0.2) is 13.2 Å². The Bertz CT molecular complexity index is 563. The summed E-state index contributed by atoms with van der Waals surface area (Å²) < 4.78 is 39.5. The zero-order chi connectivity index (χ0) is 14.5. The van der Waals surface area contributed by atoms with Crippen molar-refractivity contribution >= 4 is 15.9 Å². The summed E-state index contributed by atoms with van der Waals surface area (Å²) in [4.78, 5) is 0. The molecule has 20 heavy (non-hydrogen) atoms. The van der Waals surface area contributed by atoms with Gasteiger partial charge in [-0.1, -0.05) is 28.1 Å². The molecule has 0 amide bonds. The highest BCUT2D eigenvalue weighted by molar-refractivity contribution is 9.09. The van der Waals surface area contributed by atoms with E-state index in [-0.39, 0.29) is 11.7 Å². The molecule has 0 aliphatic rings. The number of rotatable bonds is 5. The van der Waals surface area contributed by atoms with Crippen LogP contribution >= 0.6 is 15.9 Å². The van der Waals surface area contributed by atoms with Crippen molar-refractivity contribution in [1.82, 2.24) is 0 Å². The summed E-state index contributed by atoms with van der Waals surface area (Å²) in [5.74, 6) is -1.26. The highest BCUT2D eigenvalue weighted by Crippen LogP contribution is 2.19. The van der Waals surface area contributed by atoms with Crippen LogP contribution in [-0.2, 0) is 12.8 Å². The molecule has 2 aromatic carbocycles. The molecule has 0 saturated carbocycles. The maximum absolute atomic E-state index is 13.2. The molecule has 106 valence electrons. The molecule has 0 bridgehead atoms. The zero-order valence-corrected chi connectivity index (χ0v) is 12.3. The lowest BCUT2D eigenvalue weighted by atomic mass is 9.94. The van der Waals surface area contributed by atoms with E-state index < -0.39 is 11.6 Å². The summed E-state index contributed by atoms with van der Waals surface area (Å²) in [6.07, 6.45) is 1.19. The summed E-state index contributed by atoms with van der Waals surface area (Å²) in [5.41, 5.74) is 1.50. The van der Waals surface area contributed by atoms with Gasteiger partial charge in [-0.2, -0.15) is 0 Å². The second-order valence-electron chi connectivity index (χ2n) is 4.84. The van der Waals surface area contributed by atoms with Crippen LogP contribution in [0.5, 0.6) is 0 Å². The lowest BCUT2D eigenvalue weighted by Gasteiger charge is -2.14. The van der Waals surface area contributed by atoms with Crippen LogP contribution in [0.1, 0.15) is 11.1 Å². The molecular formula is C16H14BrF3. The Morgan fingerprint density at radius 3 is 2.00 bits per heavy atom. The minimum Gasteiger partial charge on any atom is -0.207 e. The van der Waals surface area contributed by atoms with Crippen molar-refractivity contribution in [3.8, 4) is 0 Å². The van der Waals surface area contributed by atoms with Gasteiger partial charge in [0, 0.05) is 11.4 Å². The maximum Gasteiger partial charge on any atom is 0.126 e. The van der Waals surface area contributed by atoms with E-state index in [0.29, 0.717) is 23.7 Å². The van der Waals surface area contributed by atoms with Gasteiger partial charge < -0.3 is 0 Å². The minimum absolute atomic E-state index is 0.151. The first-order chi connectivity index (χ1) is 9.56. The van der Waals surface area contributed by atoms with Crippen molar-refractivity contribution in [2.24, 2.45) is 5.92 Å². The first kappa shape index (κ1) is 15.1. The lowest BCUT2D eigenvalue weighted by Crippen LogP contribution is -2.10. The first-order valence-electron chi connectivity index (χ1n) is 6.32. The zero-order valence-electron chi connectivity index (χ0n) is 10.8. The van der Waals surface area contributed by atoms with E-state index in [0.717, 1.165) is 11.6 Å². The molecule has 1 atom stereocenters. The summed E-state index contributed by atoms with van der Waals surface area (Å²) in [6.45, 7) is 0. The number of hydrogen-bond acceptors (Lipinski definition) is 0. The molecule has 1 unspecified atom stereocenters. The third kappa shape index (κ3) is 4.37. The van der Waals surface area contributed by atoms with E-state index in [2.05, 4.69) is 15.9 Å². The molecule has 0 heterocycles. The fraction of sp³-hybridized carbons (Fsp3) is 0.250. The van der Waals surface area contributed by atoms with E-state index in [1.54, 1.807) is 6.07 Å². The van der Waals surface area contributed by atoms with Gasteiger partial charge in [-0.05, 0) is 54.2 Å². The molecule has 0 aliphatic heterocycles. The largest absolute Gasteiger partial charge is 0.207 e. The van der Waals surface area contributed by atoms with E-state index in [1.165, 1.54) is 24.3 Å². The van der Waals surface area contributed by atoms with Crippen LogP contribution < -0.4 is 0 Å². The highest BCUT2D eigenvalue weighted by atomic mass is 79.9. The maximum atomic E-state index is 13.2. The molecule has 0 fully saturated rings. The summed E-state index contributed by atoms with van der Waals surface area (Å²) in [7, 11) is 0. The van der Waals surface area contributed by atoms with Crippen molar-refractivity contribution in [1.29, 1.82) is 0 Å². The molecule has 0 saturated heterocycles. The molecule has 0 N–H and O–H groups in total. The van der Waals surface area contributed by atoms with E-state index in [9.17, 15) is 13.2 Å². The first-order valence-corrected chi connectivity index (χ1v) is 7.44. The predicted octanol–water partition coefficient (Wildman–Crippen LogP) is 4.90. The molecule has 0 aliphatic carbocycles. The Labute approximate surface area is 124 Å². The number of hydrogen-bond donors (Lipinski definition) is 0. The van der Waals surface area contributed by atoms with Crippen molar-refractivity contribution < 1.29 is 13.2 Å². The Hall–Kier alpha value is -1.29. The number of benzene rings is 2. The molecule has 0 nitrogen and oxygen atoms in total. The van der Waals surface area contributed by atoms with Gasteiger partial charge in [0.15, 0.2) is 0 Å². The number of halogens is 4. The third-order valence-corrected chi connectivity index (χ3v) is 3.99. The van der Waals surface area contributed by atoms with Gasteiger partial charge in [0.1, 0.15) is 17.5 Å². The van der Waals surface area contributed by atoms with Gasteiger partial charge in [0.25, 0.3) is 0 Å². The standard InChI is InChI=1S/C16H14BrF3/c17-10-13(4-11-2-1-3-14(18)6-11)5-12-7-15(19)9-16(20)8-12/h1-3,6-9,13H,4-5,10H2. The second kappa shape index (κ2) is 6.93. The Morgan fingerprint density at radius 2 is 1.40 bits per heavy atom. The van der Waals surface area contributed by atoms with Gasteiger partial charge in [0.2, 0.25) is 0 Å². The van der Waals surface area contributed by atoms with Gasteiger partial charge in [-0.3, -0.25) is 0 Å². The van der Waals surface area contributed by atoms with Crippen LogP contribution in [0.3, 0.4) is 0 Å². The Kier molecular flexibility index (Phi) is 5.24. The topological polar surface area (TPSA) is 0 Å². The number of alkyl halides is 1. The van der Waals surface area contributed by atoms with Crippen LogP contribution in [0.2, 0.25) is 0 Å². The van der Waals surface area contributed by atoms with Crippen molar-refractivity contribution in [2.45, 2.75) is 12.8 Å². The monoisotopic (exact) mass is 342 g/mol. The molecular weight excluding hydrogens is 329 g/mol. The van der Waals surface area contributed by atoms with Crippen LogP contribution in [0, 0.1) is 23.4 Å². The van der Waals surface area contributed by atoms with Crippen LogP contribution in [0.4, 0.5) is 13.2 Å². The molecule has 0 spiro atoms. The van der Waals surface area contributed by atoms with E-state index >= 15 is 0 Å². The SMILES string of the molecule is Fc1cccc(CC(CBr)Cc2cc(F)cc(F)c2)c1. The fourth-order valence-corrected chi connectivity index (χ4v) is 2.70. The Morgan fingerprint density at radius 1 is 0.800 bits per heavy atom. The summed E-state index contributed by atoms with van der Waals surface area (Å²) in [5, 5.41) is 0.682. The van der Waals surface area contributed by atoms with Crippen LogP contribution in [-0.4, -0.2) is 5.33 Å². The molecule has 2 rings (SSSR count). The molecule has 0 aromatic heterocycles. The molecule has 0 radical (unpaired) electrons. The Balaban J connectivity index is 2.09. The van der Waals surface area contributed by atoms with Gasteiger partial charge in [-0.15, -0.1) is 0 Å². The average Bonchev–Trinajstić information content (AvgIpc) is 2.36. The molecule has 2 aromatic rings. The van der Waals surface area contributed by atoms with E-state index in [4.69, 9.17) is 0 Å². The predicted molar refractivity (Wildman–Crippen MR) is 77.5 cm³/mol. The summed E-state index contributed by atoms with van der Waals surface area (Å²) >= 11 is 3.41. The second-order valence-corrected chi connectivity index (χ2v) is 5.48. The minimum atomic E-state index is -0.570. The smallest absolute Gasteiger partial charge is 0.126 e. The molecule has 4 heteroatoms. The average molecular weight is 343 g/mol. The van der Waals surface area contributed by atoms with Gasteiger partial charge >= 0.3 is 0 Å². The van der Waals surface area contributed by atoms with Crippen LogP contribution in [0.25, 0.3) is 0 Å². The quantitative estimate of drug-likeness (QED) is 0.678. The van der Waals surface area contributed by atoms with Gasteiger partial charge in [0.05, 0.1) is 0 Å². The summed E-state index contributed by atoms with van der Waals surface area (Å²) in [6, 6.07) is 9.94. The van der Waals surface area contributed by atoms with E-state index in [1.807, 2.05) is 6.07 Å². The van der Waals surface area contributed by atoms with Crippen molar-refractivity contribution in [3.05, 3.63) is 71.0 Å². The fourth-order valence-electron chi connectivity index (χ4n) is 2.24. The van der Waals surface area contributed by atoms with Crippen molar-refractivity contribution in [3.63, 3.8) is 0 Å². The third-order valence-electron chi connectivity index (χ3n) is 3.08. The van der Waals surface area contributed by atoms with Crippen molar-refractivity contribution in [2.75, 3.05) is 5.33 Å². The van der Waals surface area contributed by atoms with Crippen LogP contribution in [0.15, 0.2) is 42.5 Å².